The molecule has 0 radical (unpaired) electrons. The first-order valence-electron chi connectivity index (χ1n) is 6.68. The van der Waals surface area contributed by atoms with Crippen LogP contribution in [0.15, 0.2) is 16.7 Å². The van der Waals surface area contributed by atoms with Crippen LogP contribution in [0.25, 0.3) is 0 Å². The van der Waals surface area contributed by atoms with Gasteiger partial charge in [-0.05, 0) is 27.7 Å². The van der Waals surface area contributed by atoms with Crippen molar-refractivity contribution < 1.29 is 19.1 Å². The first-order valence-corrected chi connectivity index (χ1v) is 6.68. The molecule has 0 unspecified atom stereocenters. The molecule has 0 saturated carbocycles. The number of hydrogen-bond donors (Lipinski definition) is 2. The van der Waals surface area contributed by atoms with Gasteiger partial charge in [-0.3, -0.25) is 9.69 Å². The van der Waals surface area contributed by atoms with Crippen LogP contribution in [-0.2, 0) is 0 Å². The lowest BCUT2D eigenvalue weighted by molar-refractivity contribution is 0.0696. The van der Waals surface area contributed by atoms with Gasteiger partial charge in [-0.25, -0.2) is 4.79 Å². The zero-order valence-electron chi connectivity index (χ0n) is 12.3. The van der Waals surface area contributed by atoms with Gasteiger partial charge < -0.3 is 14.8 Å². The number of carbonyl (C=O) groups excluding carboxylic acids is 1. The minimum Gasteiger partial charge on any atom is -0.478 e. The Morgan fingerprint density at radius 2 is 1.90 bits per heavy atom. The van der Waals surface area contributed by atoms with Crippen LogP contribution in [0.5, 0.6) is 0 Å². The second-order valence-electron chi connectivity index (χ2n) is 5.19. The molecule has 0 spiro atoms. The maximum Gasteiger partial charge on any atom is 0.338 e. The highest BCUT2D eigenvalue weighted by molar-refractivity contribution is 5.95. The van der Waals surface area contributed by atoms with Crippen molar-refractivity contribution in [2.24, 2.45) is 0 Å². The summed E-state index contributed by atoms with van der Waals surface area (Å²) in [7, 11) is 0. The molecule has 20 heavy (non-hydrogen) atoms. The first-order chi connectivity index (χ1) is 9.32. The Morgan fingerprint density at radius 1 is 1.30 bits per heavy atom. The van der Waals surface area contributed by atoms with E-state index in [0.717, 1.165) is 12.8 Å². The minimum atomic E-state index is -1.11. The van der Waals surface area contributed by atoms with Gasteiger partial charge in [0.2, 0.25) is 0 Å². The van der Waals surface area contributed by atoms with Gasteiger partial charge in [-0.1, -0.05) is 0 Å². The molecule has 112 valence electrons. The Hall–Kier alpha value is -1.82. The summed E-state index contributed by atoms with van der Waals surface area (Å²) in [5, 5.41) is 11.5. The maximum atomic E-state index is 11.8. The average molecular weight is 282 g/mol. The number of hydrogen-bond acceptors (Lipinski definition) is 4. The quantitative estimate of drug-likeness (QED) is 0.797. The smallest absolute Gasteiger partial charge is 0.338 e. The number of carboxylic acids is 1. The van der Waals surface area contributed by atoms with Crippen LogP contribution in [0.3, 0.4) is 0 Å². The van der Waals surface area contributed by atoms with E-state index in [1.54, 1.807) is 0 Å². The topological polar surface area (TPSA) is 82.8 Å². The van der Waals surface area contributed by atoms with E-state index in [1.807, 2.05) is 0 Å². The van der Waals surface area contributed by atoms with Gasteiger partial charge >= 0.3 is 5.97 Å². The Kier molecular flexibility index (Phi) is 5.76. The Morgan fingerprint density at radius 3 is 2.35 bits per heavy atom. The SMILES string of the molecule is CC(C)N(CCNC(=O)c1cc(C(=O)O)co1)C(C)C. The molecular weight excluding hydrogens is 260 g/mol. The highest BCUT2D eigenvalue weighted by Crippen LogP contribution is 2.08. The number of amides is 1. The van der Waals surface area contributed by atoms with Crippen molar-refractivity contribution in [1.29, 1.82) is 0 Å². The number of carbonyl (C=O) groups is 2. The highest BCUT2D eigenvalue weighted by Gasteiger charge is 2.16. The molecule has 0 aliphatic rings. The number of nitrogens with one attached hydrogen (secondary N) is 1. The minimum absolute atomic E-state index is 0.0167. The lowest BCUT2D eigenvalue weighted by Crippen LogP contribution is -2.42. The zero-order chi connectivity index (χ0) is 15.3. The number of aromatic carboxylic acids is 1. The molecule has 0 saturated heterocycles. The third kappa shape index (κ3) is 4.38. The Balaban J connectivity index is 2.48. The molecular formula is C14H22N2O4. The molecule has 1 aromatic heterocycles. The molecule has 0 aromatic carbocycles. The van der Waals surface area contributed by atoms with E-state index in [2.05, 4.69) is 37.9 Å². The van der Waals surface area contributed by atoms with Gasteiger partial charge in [0.1, 0.15) is 6.26 Å². The second-order valence-corrected chi connectivity index (χ2v) is 5.19. The van der Waals surface area contributed by atoms with E-state index in [-0.39, 0.29) is 11.3 Å². The van der Waals surface area contributed by atoms with Gasteiger partial charge in [0, 0.05) is 31.2 Å². The third-order valence-corrected chi connectivity index (χ3v) is 3.05. The summed E-state index contributed by atoms with van der Waals surface area (Å²) in [4.78, 5) is 24.7. The summed E-state index contributed by atoms with van der Waals surface area (Å²) >= 11 is 0. The summed E-state index contributed by atoms with van der Waals surface area (Å²) < 4.78 is 4.93. The Bertz CT molecular complexity index is 457. The fraction of sp³-hybridized carbons (Fsp3) is 0.571. The lowest BCUT2D eigenvalue weighted by atomic mass is 10.2. The van der Waals surface area contributed by atoms with E-state index in [9.17, 15) is 9.59 Å². The van der Waals surface area contributed by atoms with Crippen LogP contribution in [-0.4, -0.2) is 47.1 Å². The van der Waals surface area contributed by atoms with Crippen LogP contribution in [0, 0.1) is 0 Å². The monoisotopic (exact) mass is 282 g/mol. The van der Waals surface area contributed by atoms with Crippen molar-refractivity contribution in [2.75, 3.05) is 13.1 Å². The van der Waals surface area contributed by atoms with Crippen LogP contribution >= 0.6 is 0 Å². The van der Waals surface area contributed by atoms with Crippen LogP contribution < -0.4 is 5.32 Å². The molecule has 0 fully saturated rings. The van der Waals surface area contributed by atoms with Gasteiger partial charge in [-0.2, -0.15) is 0 Å². The number of carboxylic acid groups (broad SMARTS) is 1. The predicted octanol–water partition coefficient (Wildman–Crippen LogP) is 1.83. The average Bonchev–Trinajstić information content (AvgIpc) is 2.82. The molecule has 6 nitrogen and oxygen atoms in total. The molecule has 1 rings (SSSR count). The zero-order valence-corrected chi connectivity index (χ0v) is 12.3. The summed E-state index contributed by atoms with van der Waals surface area (Å²) in [5.74, 6) is -1.49. The molecule has 1 aromatic rings. The number of rotatable bonds is 7. The van der Waals surface area contributed by atoms with E-state index < -0.39 is 11.9 Å². The summed E-state index contributed by atoms with van der Waals surface area (Å²) in [5.41, 5.74) is -0.0267. The van der Waals surface area contributed by atoms with Crippen LogP contribution in [0.4, 0.5) is 0 Å². The molecule has 0 aliphatic heterocycles. The normalized spacial score (nSPS) is 11.3. The highest BCUT2D eigenvalue weighted by atomic mass is 16.4. The maximum absolute atomic E-state index is 11.8. The van der Waals surface area contributed by atoms with Crippen LogP contribution in [0.1, 0.15) is 48.6 Å². The van der Waals surface area contributed by atoms with Gasteiger partial charge in [0.25, 0.3) is 5.91 Å². The van der Waals surface area contributed by atoms with E-state index in [4.69, 9.17) is 9.52 Å². The summed E-state index contributed by atoms with van der Waals surface area (Å²) in [6, 6.07) is 2.02. The van der Waals surface area contributed by atoms with Crippen molar-refractivity contribution in [3.8, 4) is 0 Å². The predicted molar refractivity (Wildman–Crippen MR) is 75.0 cm³/mol. The fourth-order valence-corrected chi connectivity index (χ4v) is 2.07. The molecule has 0 aliphatic carbocycles. The molecule has 6 heteroatoms. The van der Waals surface area contributed by atoms with Gasteiger partial charge in [0.15, 0.2) is 5.76 Å². The van der Waals surface area contributed by atoms with Gasteiger partial charge in [0.05, 0.1) is 5.56 Å². The van der Waals surface area contributed by atoms with E-state index >= 15 is 0 Å². The molecule has 0 atom stereocenters. The first kappa shape index (κ1) is 16.2. The fourth-order valence-electron chi connectivity index (χ4n) is 2.07. The lowest BCUT2D eigenvalue weighted by Gasteiger charge is -2.30. The van der Waals surface area contributed by atoms with Crippen molar-refractivity contribution in [3.63, 3.8) is 0 Å². The molecule has 1 heterocycles. The summed E-state index contributed by atoms with van der Waals surface area (Å²) in [6.45, 7) is 9.63. The second kappa shape index (κ2) is 7.09. The standard InChI is InChI=1S/C14H22N2O4/c1-9(2)16(10(3)4)6-5-15-13(17)12-7-11(8-20-12)14(18)19/h7-10H,5-6H2,1-4H3,(H,15,17)(H,18,19). The van der Waals surface area contributed by atoms with Crippen molar-refractivity contribution >= 4 is 11.9 Å². The van der Waals surface area contributed by atoms with E-state index in [1.165, 1.54) is 6.07 Å². The van der Waals surface area contributed by atoms with Crippen molar-refractivity contribution in [2.45, 2.75) is 39.8 Å². The molecule has 1 amide bonds. The molecule has 0 bridgehead atoms. The Labute approximate surface area is 118 Å². The van der Waals surface area contributed by atoms with Crippen LogP contribution in [0.2, 0.25) is 0 Å². The largest absolute Gasteiger partial charge is 0.478 e. The molecule has 2 N–H and O–H groups in total. The van der Waals surface area contributed by atoms with E-state index in [0.29, 0.717) is 18.6 Å². The summed E-state index contributed by atoms with van der Waals surface area (Å²) in [6.07, 6.45) is 1.06. The van der Waals surface area contributed by atoms with Crippen molar-refractivity contribution in [3.05, 3.63) is 23.7 Å². The van der Waals surface area contributed by atoms with Gasteiger partial charge in [-0.15, -0.1) is 0 Å². The third-order valence-electron chi connectivity index (χ3n) is 3.05. The van der Waals surface area contributed by atoms with Crippen molar-refractivity contribution in [1.82, 2.24) is 10.2 Å². The number of nitrogens with zero attached hydrogens (tertiary/aromatic N) is 1. The number of furan rings is 1.